The Morgan fingerprint density at radius 2 is 1.42 bits per heavy atom. The zero-order chi connectivity index (χ0) is 7.97. The Bertz CT molecular complexity index is 277. The summed E-state index contributed by atoms with van der Waals surface area (Å²) in [4.78, 5) is 4.34. The molecule has 0 aliphatic carbocycles. The molecule has 5 heteroatoms. The van der Waals surface area contributed by atoms with Crippen LogP contribution in [-0.4, -0.2) is 41.6 Å². The Morgan fingerprint density at radius 1 is 0.917 bits per heavy atom. The predicted molar refractivity (Wildman–Crippen MR) is 44.3 cm³/mol. The lowest BCUT2D eigenvalue weighted by Crippen LogP contribution is -2.02. The first-order valence-electron chi connectivity index (χ1n) is 4.14. The van der Waals surface area contributed by atoms with Crippen molar-refractivity contribution in [1.29, 1.82) is 0 Å². The van der Waals surface area contributed by atoms with Crippen molar-refractivity contribution in [1.82, 2.24) is 15.4 Å². The van der Waals surface area contributed by atoms with Crippen LogP contribution >= 0.6 is 0 Å². The highest BCUT2D eigenvalue weighted by Gasteiger charge is 2.24. The summed E-state index contributed by atoms with van der Waals surface area (Å²) < 4.78 is 0. The van der Waals surface area contributed by atoms with Crippen LogP contribution in [0.4, 0.5) is 11.6 Å². The lowest BCUT2D eigenvalue weighted by molar-refractivity contribution is 0.858. The van der Waals surface area contributed by atoms with Gasteiger partial charge in [-0.05, 0) is 5.21 Å². The average molecular weight is 163 g/mol. The van der Waals surface area contributed by atoms with Gasteiger partial charge in [0.2, 0.25) is 0 Å². The Balaban J connectivity index is 1.93. The first kappa shape index (κ1) is 6.16. The van der Waals surface area contributed by atoms with E-state index in [1.54, 1.807) is 0 Å². The molecule has 5 nitrogen and oxygen atoms in total. The summed E-state index contributed by atoms with van der Waals surface area (Å²) in [5.41, 5.74) is 0. The maximum atomic E-state index is 3.95. The van der Waals surface area contributed by atoms with E-state index in [1.807, 2.05) is 6.07 Å². The third kappa shape index (κ3) is 0.975. The van der Waals surface area contributed by atoms with Gasteiger partial charge in [0.05, 0.1) is 0 Å². The highest BCUT2D eigenvalue weighted by Crippen LogP contribution is 2.23. The smallest absolute Gasteiger partial charge is 0.156 e. The second-order valence-electron chi connectivity index (χ2n) is 3.12. The standard InChI is InChI=1S/C7H9N5/c1-2-11(1)6-5-7(9-10-8-6)12-3-4-12/h5H,1-4H2. The molecule has 3 heterocycles. The Hall–Kier alpha value is -1.39. The first-order chi connectivity index (χ1) is 5.93. The highest BCUT2D eigenvalue weighted by atomic mass is 15.4. The van der Waals surface area contributed by atoms with E-state index in [0.29, 0.717) is 0 Å². The second kappa shape index (κ2) is 2.06. The molecule has 2 aliphatic heterocycles. The van der Waals surface area contributed by atoms with Crippen LogP contribution < -0.4 is 9.80 Å². The van der Waals surface area contributed by atoms with Crippen LogP contribution in [0.15, 0.2) is 6.07 Å². The normalized spacial score (nSPS) is 19.7. The van der Waals surface area contributed by atoms with E-state index in [1.165, 1.54) is 0 Å². The summed E-state index contributed by atoms with van der Waals surface area (Å²) in [6.45, 7) is 4.44. The minimum Gasteiger partial charge on any atom is -0.351 e. The van der Waals surface area contributed by atoms with Crippen LogP contribution in [0.3, 0.4) is 0 Å². The SMILES string of the molecule is c1c(N2CC2)nnnc1N1CC1. The summed E-state index contributed by atoms with van der Waals surface area (Å²) in [6.07, 6.45) is 0. The fraction of sp³-hybridized carbons (Fsp3) is 0.571. The molecule has 12 heavy (non-hydrogen) atoms. The minimum absolute atomic E-state index is 0.965. The van der Waals surface area contributed by atoms with Crippen LogP contribution in [0.25, 0.3) is 0 Å². The lowest BCUT2D eigenvalue weighted by atomic mass is 10.5. The third-order valence-electron chi connectivity index (χ3n) is 2.09. The predicted octanol–water partition coefficient (Wildman–Crippen LogP) is -0.488. The van der Waals surface area contributed by atoms with Crippen molar-refractivity contribution >= 4 is 11.6 Å². The van der Waals surface area contributed by atoms with Crippen molar-refractivity contribution < 1.29 is 0 Å². The average Bonchev–Trinajstić information content (AvgIpc) is 2.98. The van der Waals surface area contributed by atoms with Crippen LogP contribution in [0.5, 0.6) is 0 Å². The zero-order valence-corrected chi connectivity index (χ0v) is 6.64. The molecule has 2 fully saturated rings. The summed E-state index contributed by atoms with van der Waals surface area (Å²) >= 11 is 0. The number of hydrogen-bond acceptors (Lipinski definition) is 5. The molecule has 0 atom stereocenters. The van der Waals surface area contributed by atoms with Gasteiger partial charge in [-0.3, -0.25) is 0 Å². The number of rotatable bonds is 2. The van der Waals surface area contributed by atoms with Gasteiger partial charge in [-0.1, -0.05) is 0 Å². The molecule has 2 aliphatic rings. The number of aromatic nitrogens is 3. The van der Waals surface area contributed by atoms with Crippen molar-refractivity contribution in [3.05, 3.63) is 6.07 Å². The molecule has 0 N–H and O–H groups in total. The van der Waals surface area contributed by atoms with E-state index in [9.17, 15) is 0 Å². The Labute approximate surface area is 70.0 Å². The topological polar surface area (TPSA) is 44.7 Å². The fourth-order valence-electron chi connectivity index (χ4n) is 1.15. The number of nitrogens with zero attached hydrogens (tertiary/aromatic N) is 5. The van der Waals surface area contributed by atoms with E-state index in [4.69, 9.17) is 0 Å². The fourth-order valence-corrected chi connectivity index (χ4v) is 1.15. The second-order valence-corrected chi connectivity index (χ2v) is 3.12. The number of hydrogen-bond donors (Lipinski definition) is 0. The van der Waals surface area contributed by atoms with E-state index in [-0.39, 0.29) is 0 Å². The Kier molecular flexibility index (Phi) is 1.06. The van der Waals surface area contributed by atoms with Gasteiger partial charge in [0, 0.05) is 32.2 Å². The third-order valence-corrected chi connectivity index (χ3v) is 2.09. The quantitative estimate of drug-likeness (QED) is 0.550. The van der Waals surface area contributed by atoms with Gasteiger partial charge in [0.25, 0.3) is 0 Å². The van der Waals surface area contributed by atoms with Gasteiger partial charge in [-0.25, -0.2) is 0 Å². The van der Waals surface area contributed by atoms with Crippen molar-refractivity contribution in [2.24, 2.45) is 0 Å². The van der Waals surface area contributed by atoms with Gasteiger partial charge < -0.3 is 9.80 Å². The molecule has 0 radical (unpaired) electrons. The molecule has 2 saturated heterocycles. The summed E-state index contributed by atoms with van der Waals surface area (Å²) in [6, 6.07) is 2.01. The molecule has 0 aromatic carbocycles. The van der Waals surface area contributed by atoms with Gasteiger partial charge in [0.15, 0.2) is 11.6 Å². The summed E-state index contributed by atoms with van der Waals surface area (Å²) in [5.74, 6) is 1.93. The molecule has 0 saturated carbocycles. The Morgan fingerprint density at radius 3 is 1.83 bits per heavy atom. The molecular formula is C7H9N5. The van der Waals surface area contributed by atoms with Gasteiger partial charge in [-0.15, -0.1) is 10.2 Å². The molecule has 0 unspecified atom stereocenters. The number of anilines is 2. The monoisotopic (exact) mass is 163 g/mol. The largest absolute Gasteiger partial charge is 0.351 e. The van der Waals surface area contributed by atoms with Crippen LogP contribution in [0.2, 0.25) is 0 Å². The molecule has 0 spiro atoms. The molecular weight excluding hydrogens is 154 g/mol. The maximum Gasteiger partial charge on any atom is 0.156 e. The van der Waals surface area contributed by atoms with Crippen molar-refractivity contribution in [2.45, 2.75) is 0 Å². The minimum atomic E-state index is 0.965. The highest BCUT2D eigenvalue weighted by molar-refractivity contribution is 5.54. The van der Waals surface area contributed by atoms with Crippen molar-refractivity contribution in [2.75, 3.05) is 36.0 Å². The van der Waals surface area contributed by atoms with E-state index in [2.05, 4.69) is 25.2 Å². The first-order valence-corrected chi connectivity index (χ1v) is 4.14. The van der Waals surface area contributed by atoms with Gasteiger partial charge in [0.1, 0.15) is 0 Å². The molecule has 62 valence electrons. The molecule has 1 aromatic rings. The van der Waals surface area contributed by atoms with Gasteiger partial charge in [-0.2, -0.15) is 0 Å². The molecule has 3 rings (SSSR count). The summed E-state index contributed by atoms with van der Waals surface area (Å²) in [5, 5.41) is 11.6. The van der Waals surface area contributed by atoms with Crippen LogP contribution in [0.1, 0.15) is 0 Å². The van der Waals surface area contributed by atoms with E-state index < -0.39 is 0 Å². The maximum absolute atomic E-state index is 3.95. The van der Waals surface area contributed by atoms with Crippen LogP contribution in [-0.2, 0) is 0 Å². The zero-order valence-electron chi connectivity index (χ0n) is 6.64. The van der Waals surface area contributed by atoms with Crippen molar-refractivity contribution in [3.8, 4) is 0 Å². The van der Waals surface area contributed by atoms with Gasteiger partial charge >= 0.3 is 0 Å². The molecule has 0 bridgehead atoms. The van der Waals surface area contributed by atoms with E-state index >= 15 is 0 Å². The molecule has 1 aromatic heterocycles. The summed E-state index contributed by atoms with van der Waals surface area (Å²) in [7, 11) is 0. The molecule has 0 amide bonds. The van der Waals surface area contributed by atoms with Crippen molar-refractivity contribution in [3.63, 3.8) is 0 Å². The lowest BCUT2D eigenvalue weighted by Gasteiger charge is -2.02. The van der Waals surface area contributed by atoms with E-state index in [0.717, 1.165) is 37.8 Å². The van der Waals surface area contributed by atoms with Crippen LogP contribution in [0, 0.1) is 0 Å².